The molecule has 2 aromatic carbocycles. The molecule has 20 heavy (non-hydrogen) atoms. The number of nitrogens with two attached hydrogens (primary N) is 1. The van der Waals surface area contributed by atoms with Crippen molar-refractivity contribution >= 4 is 11.4 Å². The van der Waals surface area contributed by atoms with Gasteiger partial charge in [-0.1, -0.05) is 12.1 Å². The lowest BCUT2D eigenvalue weighted by atomic mass is 10.2. The van der Waals surface area contributed by atoms with E-state index in [9.17, 15) is 14.5 Å². The van der Waals surface area contributed by atoms with Crippen LogP contribution in [0.1, 0.15) is 0 Å². The summed E-state index contributed by atoms with van der Waals surface area (Å²) in [6, 6.07) is 8.38. The predicted molar refractivity (Wildman–Crippen MR) is 70.5 cm³/mol. The van der Waals surface area contributed by atoms with E-state index in [0.717, 1.165) is 12.1 Å². The Morgan fingerprint density at radius 3 is 2.50 bits per heavy atom. The molecule has 0 radical (unpaired) electrons. The Balaban J connectivity index is 2.43. The molecule has 0 saturated carbocycles. The molecule has 104 valence electrons. The van der Waals surface area contributed by atoms with Crippen LogP contribution in [0.15, 0.2) is 36.4 Å². The number of ether oxygens (including phenoxy) is 2. The number of nitrogen functional groups attached to an aromatic ring is 1. The lowest BCUT2D eigenvalue weighted by molar-refractivity contribution is -0.386. The molecule has 0 heterocycles. The van der Waals surface area contributed by atoms with E-state index < -0.39 is 16.4 Å². The molecule has 2 rings (SSSR count). The van der Waals surface area contributed by atoms with Crippen molar-refractivity contribution in [3.05, 3.63) is 52.3 Å². The molecular weight excluding hydrogens is 267 g/mol. The average Bonchev–Trinajstić information content (AvgIpc) is 2.42. The number of rotatable bonds is 4. The minimum absolute atomic E-state index is 0.0964. The Morgan fingerprint density at radius 1 is 1.20 bits per heavy atom. The van der Waals surface area contributed by atoms with E-state index in [2.05, 4.69) is 0 Å². The molecule has 7 heteroatoms. The maximum absolute atomic E-state index is 13.8. The third kappa shape index (κ3) is 2.61. The van der Waals surface area contributed by atoms with Gasteiger partial charge in [0.25, 0.3) is 0 Å². The van der Waals surface area contributed by atoms with Crippen LogP contribution in [0.4, 0.5) is 15.8 Å². The van der Waals surface area contributed by atoms with Crippen LogP contribution in [0.3, 0.4) is 0 Å². The van der Waals surface area contributed by atoms with Gasteiger partial charge < -0.3 is 15.2 Å². The summed E-state index contributed by atoms with van der Waals surface area (Å²) in [5, 5.41) is 10.8. The lowest BCUT2D eigenvalue weighted by Crippen LogP contribution is -1.98. The van der Waals surface area contributed by atoms with Crippen LogP contribution in [-0.4, -0.2) is 12.0 Å². The summed E-state index contributed by atoms with van der Waals surface area (Å²) >= 11 is 0. The molecule has 0 bridgehead atoms. The van der Waals surface area contributed by atoms with Crippen LogP contribution < -0.4 is 15.2 Å². The number of nitro benzene ring substituents is 1. The molecule has 2 aromatic rings. The molecule has 0 fully saturated rings. The summed E-state index contributed by atoms with van der Waals surface area (Å²) < 4.78 is 24.0. The second kappa shape index (κ2) is 5.43. The van der Waals surface area contributed by atoms with Crippen molar-refractivity contribution in [1.29, 1.82) is 0 Å². The number of methoxy groups -OCH3 is 1. The predicted octanol–water partition coefficient (Wildman–Crippen LogP) is 3.12. The Kier molecular flexibility index (Phi) is 3.69. The monoisotopic (exact) mass is 278 g/mol. The molecule has 6 nitrogen and oxygen atoms in total. The number of benzene rings is 2. The second-order valence-corrected chi connectivity index (χ2v) is 3.85. The van der Waals surface area contributed by atoms with Gasteiger partial charge in [-0.3, -0.25) is 10.1 Å². The first-order valence-corrected chi connectivity index (χ1v) is 5.57. The highest BCUT2D eigenvalue weighted by atomic mass is 19.1. The number of para-hydroxylation sites is 2. The van der Waals surface area contributed by atoms with Gasteiger partial charge in [0, 0.05) is 6.07 Å². The van der Waals surface area contributed by atoms with Crippen molar-refractivity contribution in [2.24, 2.45) is 0 Å². The van der Waals surface area contributed by atoms with E-state index >= 15 is 0 Å². The van der Waals surface area contributed by atoms with Crippen molar-refractivity contribution in [3.63, 3.8) is 0 Å². The van der Waals surface area contributed by atoms with E-state index in [-0.39, 0.29) is 17.2 Å². The summed E-state index contributed by atoms with van der Waals surface area (Å²) in [6.07, 6.45) is 0. The maximum Gasteiger partial charge on any atom is 0.314 e. The average molecular weight is 278 g/mol. The standard InChI is InChI=1S/C13H11FN2O4/c1-19-13-7-12(8(14)6-10(13)16(17)18)20-11-5-3-2-4-9(11)15/h2-7H,15H2,1H3. The Bertz CT molecular complexity index is 661. The van der Waals surface area contributed by atoms with Gasteiger partial charge in [-0.05, 0) is 12.1 Å². The molecule has 0 saturated heterocycles. The third-order valence-electron chi connectivity index (χ3n) is 2.57. The fraction of sp³-hybridized carbons (Fsp3) is 0.0769. The van der Waals surface area contributed by atoms with Crippen LogP contribution >= 0.6 is 0 Å². The van der Waals surface area contributed by atoms with Crippen molar-refractivity contribution in [1.82, 2.24) is 0 Å². The van der Waals surface area contributed by atoms with Crippen molar-refractivity contribution < 1.29 is 18.8 Å². The van der Waals surface area contributed by atoms with Crippen molar-refractivity contribution in [2.75, 3.05) is 12.8 Å². The quantitative estimate of drug-likeness (QED) is 0.527. The summed E-state index contributed by atoms with van der Waals surface area (Å²) in [5.41, 5.74) is 5.53. The van der Waals surface area contributed by atoms with E-state index in [1.807, 2.05) is 0 Å². The highest BCUT2D eigenvalue weighted by Gasteiger charge is 2.20. The first kappa shape index (κ1) is 13.6. The Labute approximate surface area is 113 Å². The molecular formula is C13H11FN2O4. The largest absolute Gasteiger partial charge is 0.490 e. The summed E-state index contributed by atoms with van der Waals surface area (Å²) in [7, 11) is 1.25. The van der Waals surface area contributed by atoms with Crippen molar-refractivity contribution in [2.45, 2.75) is 0 Å². The number of hydrogen-bond donors (Lipinski definition) is 1. The SMILES string of the molecule is COc1cc(Oc2ccccc2N)c(F)cc1[N+](=O)[O-]. The molecule has 0 unspecified atom stereocenters. The van der Waals surface area contributed by atoms with Crippen LogP contribution in [0.2, 0.25) is 0 Å². The highest BCUT2D eigenvalue weighted by Crippen LogP contribution is 2.36. The van der Waals surface area contributed by atoms with E-state index in [0.29, 0.717) is 5.69 Å². The zero-order valence-electron chi connectivity index (χ0n) is 10.5. The lowest BCUT2D eigenvalue weighted by Gasteiger charge is -2.10. The molecule has 2 N–H and O–H groups in total. The minimum atomic E-state index is -0.874. The van der Waals surface area contributed by atoms with Crippen LogP contribution in [0.5, 0.6) is 17.2 Å². The molecule has 0 aliphatic rings. The van der Waals surface area contributed by atoms with Gasteiger partial charge in [0.2, 0.25) is 5.75 Å². The number of nitro groups is 1. The molecule has 0 aliphatic carbocycles. The third-order valence-corrected chi connectivity index (χ3v) is 2.57. The Morgan fingerprint density at radius 2 is 1.90 bits per heavy atom. The van der Waals surface area contributed by atoms with Gasteiger partial charge in [0.1, 0.15) is 5.75 Å². The topological polar surface area (TPSA) is 87.6 Å². The summed E-state index contributed by atoms with van der Waals surface area (Å²) in [6.45, 7) is 0. The van der Waals surface area contributed by atoms with Crippen LogP contribution in [0, 0.1) is 15.9 Å². The summed E-state index contributed by atoms with van der Waals surface area (Å²) in [4.78, 5) is 10.0. The number of halogens is 1. The second-order valence-electron chi connectivity index (χ2n) is 3.85. The van der Waals surface area contributed by atoms with Crippen molar-refractivity contribution in [3.8, 4) is 17.2 Å². The number of hydrogen-bond acceptors (Lipinski definition) is 5. The van der Waals surface area contributed by atoms with Gasteiger partial charge in [0.15, 0.2) is 11.6 Å². The number of anilines is 1. The molecule has 0 amide bonds. The molecule has 0 atom stereocenters. The zero-order valence-corrected chi connectivity index (χ0v) is 10.5. The first-order chi connectivity index (χ1) is 9.52. The minimum Gasteiger partial charge on any atom is -0.490 e. The van der Waals surface area contributed by atoms with E-state index in [4.69, 9.17) is 15.2 Å². The van der Waals surface area contributed by atoms with E-state index in [1.165, 1.54) is 7.11 Å². The molecule has 0 aliphatic heterocycles. The van der Waals surface area contributed by atoms with Gasteiger partial charge in [-0.2, -0.15) is 0 Å². The fourth-order valence-electron chi connectivity index (χ4n) is 1.60. The summed E-state index contributed by atoms with van der Waals surface area (Å²) in [5.74, 6) is -0.922. The Hall–Kier alpha value is -2.83. The zero-order chi connectivity index (χ0) is 14.7. The van der Waals surface area contributed by atoms with Crippen LogP contribution in [-0.2, 0) is 0 Å². The smallest absolute Gasteiger partial charge is 0.314 e. The molecule has 0 spiro atoms. The maximum atomic E-state index is 13.8. The normalized spacial score (nSPS) is 10.1. The fourth-order valence-corrected chi connectivity index (χ4v) is 1.60. The molecule has 0 aromatic heterocycles. The van der Waals surface area contributed by atoms with Gasteiger partial charge in [-0.15, -0.1) is 0 Å². The first-order valence-electron chi connectivity index (χ1n) is 5.57. The van der Waals surface area contributed by atoms with E-state index in [1.54, 1.807) is 24.3 Å². The van der Waals surface area contributed by atoms with Gasteiger partial charge in [0.05, 0.1) is 23.8 Å². The number of nitrogens with zero attached hydrogens (tertiary/aromatic N) is 1. The van der Waals surface area contributed by atoms with Gasteiger partial charge >= 0.3 is 5.69 Å². The van der Waals surface area contributed by atoms with Gasteiger partial charge in [-0.25, -0.2) is 4.39 Å². The van der Waals surface area contributed by atoms with Crippen LogP contribution in [0.25, 0.3) is 0 Å². The highest BCUT2D eigenvalue weighted by molar-refractivity contribution is 5.56.